The average molecular weight is 711 g/mol. The SMILES string of the molecule is CC1C(CSc2nncn2C)OC(c2ccc(-c3ccccc3CNC(=O)c3c(F)c(F)c(F)c(F)c3F)cc2)OC1c1ccc(CO)cc1. The van der Waals surface area contributed by atoms with Crippen molar-refractivity contribution >= 4 is 17.7 Å². The number of aliphatic hydroxyl groups is 1. The van der Waals surface area contributed by atoms with Crippen molar-refractivity contribution in [2.45, 2.75) is 43.7 Å². The first-order valence-corrected chi connectivity index (χ1v) is 16.5. The lowest BCUT2D eigenvalue weighted by Crippen LogP contribution is -2.38. The third-order valence-electron chi connectivity index (χ3n) is 8.56. The zero-order valence-corrected chi connectivity index (χ0v) is 27.6. The van der Waals surface area contributed by atoms with Gasteiger partial charge in [-0.25, -0.2) is 22.0 Å². The zero-order valence-electron chi connectivity index (χ0n) is 26.7. The number of aromatic nitrogens is 3. The van der Waals surface area contributed by atoms with Crippen LogP contribution in [0.5, 0.6) is 0 Å². The summed E-state index contributed by atoms with van der Waals surface area (Å²) in [5.74, 6) is -12.1. The topological polar surface area (TPSA) is 98.5 Å². The van der Waals surface area contributed by atoms with Gasteiger partial charge in [0.15, 0.2) is 34.7 Å². The smallest absolute Gasteiger partial charge is 0.257 e. The number of halogens is 5. The van der Waals surface area contributed by atoms with Crippen LogP contribution < -0.4 is 5.32 Å². The number of aliphatic hydroxyl groups excluding tert-OH is 1. The second kappa shape index (κ2) is 15.1. The molecule has 8 nitrogen and oxygen atoms in total. The van der Waals surface area contributed by atoms with Gasteiger partial charge in [0.2, 0.25) is 5.82 Å². The van der Waals surface area contributed by atoms with Crippen molar-refractivity contribution in [1.29, 1.82) is 0 Å². The lowest BCUT2D eigenvalue weighted by Gasteiger charge is -2.41. The summed E-state index contributed by atoms with van der Waals surface area (Å²) in [6.07, 6.45) is 0.336. The minimum atomic E-state index is -2.34. The maximum atomic E-state index is 14.2. The van der Waals surface area contributed by atoms with Crippen LogP contribution in [0.4, 0.5) is 22.0 Å². The van der Waals surface area contributed by atoms with Gasteiger partial charge in [-0.2, -0.15) is 0 Å². The van der Waals surface area contributed by atoms with Gasteiger partial charge in [-0.05, 0) is 27.8 Å². The summed E-state index contributed by atoms with van der Waals surface area (Å²) in [5.41, 5.74) is 2.83. The number of ether oxygens (including phenoxy) is 2. The lowest BCUT2D eigenvalue weighted by atomic mass is 9.91. The number of amides is 1. The van der Waals surface area contributed by atoms with Crippen molar-refractivity contribution in [1.82, 2.24) is 20.1 Å². The summed E-state index contributed by atoms with van der Waals surface area (Å²) in [6.45, 7) is 1.73. The molecule has 1 aromatic heterocycles. The number of benzene rings is 4. The monoisotopic (exact) mass is 710 g/mol. The van der Waals surface area contributed by atoms with E-state index in [4.69, 9.17) is 9.47 Å². The van der Waals surface area contributed by atoms with E-state index in [-0.39, 0.29) is 31.3 Å². The molecule has 1 amide bonds. The Morgan fingerprint density at radius 2 is 1.52 bits per heavy atom. The first-order chi connectivity index (χ1) is 24.1. The summed E-state index contributed by atoms with van der Waals surface area (Å²) in [7, 11) is 1.87. The number of aryl methyl sites for hydroxylation is 1. The highest BCUT2D eigenvalue weighted by atomic mass is 32.2. The van der Waals surface area contributed by atoms with Crippen LogP contribution in [0, 0.1) is 35.0 Å². The van der Waals surface area contributed by atoms with Crippen LogP contribution in [0.2, 0.25) is 0 Å². The molecule has 0 aliphatic carbocycles. The van der Waals surface area contributed by atoms with Gasteiger partial charge in [-0.15, -0.1) is 10.2 Å². The van der Waals surface area contributed by atoms with Gasteiger partial charge in [0.05, 0.1) is 18.8 Å². The minimum absolute atomic E-state index is 0.0434. The fraction of sp³-hybridized carbons (Fsp3) is 0.250. The summed E-state index contributed by atoms with van der Waals surface area (Å²) >= 11 is 1.52. The van der Waals surface area contributed by atoms with Crippen LogP contribution in [-0.4, -0.2) is 37.6 Å². The Bertz CT molecular complexity index is 1970. The van der Waals surface area contributed by atoms with Crippen molar-refractivity contribution in [3.8, 4) is 11.1 Å². The predicted molar refractivity (Wildman–Crippen MR) is 174 cm³/mol. The fourth-order valence-electron chi connectivity index (χ4n) is 5.71. The predicted octanol–water partition coefficient (Wildman–Crippen LogP) is 7.18. The van der Waals surface area contributed by atoms with Crippen molar-refractivity contribution in [2.75, 3.05) is 5.75 Å². The molecule has 0 spiro atoms. The Morgan fingerprint density at radius 1 is 0.880 bits per heavy atom. The van der Waals surface area contributed by atoms with Crippen molar-refractivity contribution in [2.24, 2.45) is 13.0 Å². The number of nitrogens with zero attached hydrogens (tertiary/aromatic N) is 3. The van der Waals surface area contributed by atoms with Gasteiger partial charge in [0, 0.05) is 30.8 Å². The van der Waals surface area contributed by atoms with E-state index < -0.39 is 46.8 Å². The Hall–Kier alpha value is -4.63. The molecule has 6 rings (SSSR count). The van der Waals surface area contributed by atoms with Gasteiger partial charge in [-0.3, -0.25) is 4.79 Å². The first kappa shape index (κ1) is 35.2. The van der Waals surface area contributed by atoms with Crippen LogP contribution in [0.15, 0.2) is 84.3 Å². The molecule has 0 saturated carbocycles. The molecule has 0 radical (unpaired) electrons. The molecular weight excluding hydrogens is 679 g/mol. The highest BCUT2D eigenvalue weighted by Gasteiger charge is 2.38. The standard InChI is InChI=1S/C36H31F5N4O4S/c1-19-26(17-50-36-44-43-18-45(36)2)48-35(49-33(19)22-9-7-20(16-46)8-10-22)23-13-11-21(12-14-23)25-6-4-3-5-24(25)15-42-34(47)27-28(37)30(39)32(41)31(40)29(27)38/h3-14,18-19,26,33,35,46H,15-17H2,1-2H3,(H,42,47). The first-order valence-electron chi connectivity index (χ1n) is 15.5. The molecule has 14 heteroatoms. The number of hydrogen-bond acceptors (Lipinski definition) is 7. The van der Waals surface area contributed by atoms with Crippen molar-refractivity contribution in [3.05, 3.63) is 136 Å². The lowest BCUT2D eigenvalue weighted by molar-refractivity contribution is -0.268. The highest BCUT2D eigenvalue weighted by molar-refractivity contribution is 7.99. The van der Waals surface area contributed by atoms with Gasteiger partial charge in [-0.1, -0.05) is 91.5 Å². The zero-order chi connectivity index (χ0) is 35.5. The molecule has 260 valence electrons. The Labute approximate surface area is 288 Å². The largest absolute Gasteiger partial charge is 0.392 e. The summed E-state index contributed by atoms with van der Waals surface area (Å²) in [6, 6.07) is 21.8. The molecule has 4 atom stereocenters. The summed E-state index contributed by atoms with van der Waals surface area (Å²) in [4.78, 5) is 12.6. The van der Waals surface area contributed by atoms with E-state index in [0.29, 0.717) is 16.9 Å². The van der Waals surface area contributed by atoms with Crippen molar-refractivity contribution < 1.29 is 41.3 Å². The molecular formula is C36H31F5N4O4S. The van der Waals surface area contributed by atoms with Gasteiger partial charge >= 0.3 is 0 Å². The molecule has 4 unspecified atom stereocenters. The van der Waals surface area contributed by atoms with Crippen LogP contribution in [-0.2, 0) is 29.7 Å². The molecule has 1 saturated heterocycles. The second-order valence-corrected chi connectivity index (χ2v) is 12.8. The number of carbonyl (C=O) groups excluding carboxylic acids is 1. The number of hydrogen-bond donors (Lipinski definition) is 2. The molecule has 1 aliphatic heterocycles. The second-order valence-electron chi connectivity index (χ2n) is 11.8. The number of nitrogens with one attached hydrogen (secondary N) is 1. The quantitative estimate of drug-likeness (QED) is 0.0686. The van der Waals surface area contributed by atoms with E-state index in [0.717, 1.165) is 27.4 Å². The summed E-state index contributed by atoms with van der Waals surface area (Å²) in [5, 5.41) is 20.7. The number of carbonyl (C=O) groups is 1. The van der Waals surface area contributed by atoms with Crippen LogP contribution in [0.25, 0.3) is 11.1 Å². The minimum Gasteiger partial charge on any atom is -0.392 e. The Kier molecular flexibility index (Phi) is 10.6. The van der Waals surface area contributed by atoms with E-state index in [9.17, 15) is 31.9 Å². The molecule has 5 aromatic rings. The van der Waals surface area contributed by atoms with Crippen LogP contribution in [0.1, 0.15) is 51.9 Å². The van der Waals surface area contributed by atoms with Gasteiger partial charge in [0.25, 0.3) is 5.91 Å². The maximum absolute atomic E-state index is 14.2. The third-order valence-corrected chi connectivity index (χ3v) is 9.68. The summed E-state index contributed by atoms with van der Waals surface area (Å²) < 4.78 is 84.2. The number of rotatable bonds is 10. The average Bonchev–Trinajstić information content (AvgIpc) is 3.56. The molecule has 1 fully saturated rings. The number of thioether (sulfide) groups is 1. The van der Waals surface area contributed by atoms with Gasteiger partial charge < -0.3 is 24.5 Å². The molecule has 1 aliphatic rings. The van der Waals surface area contributed by atoms with Crippen LogP contribution in [0.3, 0.4) is 0 Å². The Balaban J connectivity index is 1.22. The van der Waals surface area contributed by atoms with E-state index in [2.05, 4.69) is 22.4 Å². The fourth-order valence-corrected chi connectivity index (χ4v) is 6.76. The van der Waals surface area contributed by atoms with Gasteiger partial charge in [0.1, 0.15) is 11.9 Å². The molecule has 2 heterocycles. The van der Waals surface area contributed by atoms with Crippen LogP contribution >= 0.6 is 11.8 Å². The van der Waals surface area contributed by atoms with E-state index >= 15 is 0 Å². The molecule has 2 N–H and O–H groups in total. The Morgan fingerprint density at radius 3 is 2.16 bits per heavy atom. The molecule has 50 heavy (non-hydrogen) atoms. The maximum Gasteiger partial charge on any atom is 0.257 e. The van der Waals surface area contributed by atoms with Crippen molar-refractivity contribution in [3.63, 3.8) is 0 Å². The van der Waals surface area contributed by atoms with E-state index in [1.165, 1.54) is 11.8 Å². The molecule has 0 bridgehead atoms. The molecule has 4 aromatic carbocycles. The third kappa shape index (κ3) is 7.15. The van der Waals surface area contributed by atoms with E-state index in [1.54, 1.807) is 30.6 Å². The van der Waals surface area contributed by atoms with E-state index in [1.807, 2.05) is 60.1 Å². The highest BCUT2D eigenvalue weighted by Crippen LogP contribution is 2.43. The normalized spacial score (nSPS) is 19.0.